The lowest BCUT2D eigenvalue weighted by Gasteiger charge is -2.03. The molecule has 0 fully saturated rings. The van der Waals surface area contributed by atoms with Crippen LogP contribution in [-0.2, 0) is 0 Å². The van der Waals surface area contributed by atoms with Gasteiger partial charge >= 0.3 is 0 Å². The third kappa shape index (κ3) is 2.15. The second-order valence-electron chi connectivity index (χ2n) is 3.81. The summed E-state index contributed by atoms with van der Waals surface area (Å²) >= 11 is 3.47. The van der Waals surface area contributed by atoms with Crippen molar-refractivity contribution >= 4 is 15.9 Å². The Kier molecular flexibility index (Phi) is 3.07. The van der Waals surface area contributed by atoms with Crippen LogP contribution in [0.1, 0.15) is 24.2 Å². The van der Waals surface area contributed by atoms with Gasteiger partial charge in [0.25, 0.3) is 0 Å². The average molecular weight is 281 g/mol. The largest absolute Gasteiger partial charge is 0.323 e. The Balaban J connectivity index is 2.39. The lowest BCUT2D eigenvalue weighted by atomic mass is 10.2. The maximum Gasteiger partial charge on any atom is 0.0995 e. The molecule has 0 spiro atoms. The predicted octanol–water partition coefficient (Wildman–Crippen LogP) is 2.36. The van der Waals surface area contributed by atoms with Crippen molar-refractivity contribution in [1.82, 2.24) is 15.0 Å². The van der Waals surface area contributed by atoms with E-state index in [9.17, 15) is 0 Å². The van der Waals surface area contributed by atoms with E-state index < -0.39 is 0 Å². The van der Waals surface area contributed by atoms with Gasteiger partial charge in [0.2, 0.25) is 0 Å². The SMILES string of the molecule is Cc1cc(-n2cc(C(C)N)nn2)ccc1Br. The van der Waals surface area contributed by atoms with Crippen LogP contribution >= 0.6 is 15.9 Å². The highest BCUT2D eigenvalue weighted by atomic mass is 79.9. The first-order valence-corrected chi connectivity index (χ1v) is 5.81. The highest BCUT2D eigenvalue weighted by Gasteiger charge is 2.07. The van der Waals surface area contributed by atoms with Gasteiger partial charge < -0.3 is 5.73 Å². The van der Waals surface area contributed by atoms with E-state index >= 15 is 0 Å². The smallest absolute Gasteiger partial charge is 0.0995 e. The fourth-order valence-corrected chi connectivity index (χ4v) is 1.63. The van der Waals surface area contributed by atoms with Gasteiger partial charge in [-0.2, -0.15) is 0 Å². The van der Waals surface area contributed by atoms with Gasteiger partial charge in [-0.05, 0) is 37.6 Å². The predicted molar refractivity (Wildman–Crippen MR) is 66.4 cm³/mol. The fraction of sp³-hybridized carbons (Fsp3) is 0.273. The molecule has 0 amide bonds. The summed E-state index contributed by atoms with van der Waals surface area (Å²) in [5.41, 5.74) is 8.68. The average Bonchev–Trinajstić information content (AvgIpc) is 2.71. The van der Waals surface area contributed by atoms with Crippen LogP contribution in [0.2, 0.25) is 0 Å². The molecule has 1 unspecified atom stereocenters. The van der Waals surface area contributed by atoms with Crippen LogP contribution in [-0.4, -0.2) is 15.0 Å². The number of aryl methyl sites for hydroxylation is 1. The molecule has 0 aliphatic heterocycles. The first kappa shape index (κ1) is 11.3. The van der Waals surface area contributed by atoms with Gasteiger partial charge in [-0.3, -0.25) is 0 Å². The normalized spacial score (nSPS) is 12.8. The summed E-state index contributed by atoms with van der Waals surface area (Å²) < 4.78 is 2.82. The second kappa shape index (κ2) is 4.35. The number of nitrogens with two attached hydrogens (primary N) is 1. The molecular formula is C11H13BrN4. The molecule has 1 aromatic heterocycles. The Hall–Kier alpha value is -1.20. The lowest BCUT2D eigenvalue weighted by molar-refractivity contribution is 0.756. The van der Waals surface area contributed by atoms with Crippen molar-refractivity contribution < 1.29 is 0 Å². The van der Waals surface area contributed by atoms with E-state index in [0.29, 0.717) is 0 Å². The molecule has 84 valence electrons. The molecule has 2 N–H and O–H groups in total. The van der Waals surface area contributed by atoms with E-state index in [1.54, 1.807) is 4.68 Å². The van der Waals surface area contributed by atoms with E-state index in [2.05, 4.69) is 26.2 Å². The zero-order valence-corrected chi connectivity index (χ0v) is 10.8. The number of hydrogen-bond donors (Lipinski definition) is 1. The summed E-state index contributed by atoms with van der Waals surface area (Å²) in [5.74, 6) is 0. The Labute approximate surface area is 103 Å². The molecule has 2 rings (SSSR count). The van der Waals surface area contributed by atoms with Crippen LogP contribution in [0.15, 0.2) is 28.9 Å². The van der Waals surface area contributed by atoms with Crippen molar-refractivity contribution in [2.75, 3.05) is 0 Å². The quantitative estimate of drug-likeness (QED) is 0.919. The molecule has 2 aromatic rings. The fourth-order valence-electron chi connectivity index (χ4n) is 1.38. The monoisotopic (exact) mass is 280 g/mol. The van der Waals surface area contributed by atoms with Gasteiger partial charge in [-0.15, -0.1) is 5.10 Å². The molecule has 5 heteroatoms. The van der Waals surface area contributed by atoms with E-state index in [1.807, 2.05) is 38.2 Å². The Bertz CT molecular complexity index is 504. The topological polar surface area (TPSA) is 56.7 Å². The number of aromatic nitrogens is 3. The number of benzene rings is 1. The summed E-state index contributed by atoms with van der Waals surface area (Å²) in [6.07, 6.45) is 1.85. The van der Waals surface area contributed by atoms with Gasteiger partial charge in [0.1, 0.15) is 0 Å². The first-order valence-electron chi connectivity index (χ1n) is 5.02. The minimum Gasteiger partial charge on any atom is -0.323 e. The first-order chi connectivity index (χ1) is 7.58. The summed E-state index contributed by atoms with van der Waals surface area (Å²) in [4.78, 5) is 0. The van der Waals surface area contributed by atoms with E-state index in [1.165, 1.54) is 0 Å². The summed E-state index contributed by atoms with van der Waals surface area (Å²) in [7, 11) is 0. The maximum atomic E-state index is 5.74. The zero-order chi connectivity index (χ0) is 11.7. The van der Waals surface area contributed by atoms with Crippen LogP contribution in [0.25, 0.3) is 5.69 Å². The van der Waals surface area contributed by atoms with Crippen LogP contribution < -0.4 is 5.73 Å². The van der Waals surface area contributed by atoms with Crippen LogP contribution in [0, 0.1) is 6.92 Å². The van der Waals surface area contributed by atoms with E-state index in [-0.39, 0.29) is 6.04 Å². The Morgan fingerprint density at radius 2 is 2.19 bits per heavy atom. The number of rotatable bonds is 2. The third-order valence-electron chi connectivity index (χ3n) is 2.38. The van der Waals surface area contributed by atoms with Crippen LogP contribution in [0.4, 0.5) is 0 Å². The van der Waals surface area contributed by atoms with Crippen molar-refractivity contribution in [3.63, 3.8) is 0 Å². The van der Waals surface area contributed by atoms with E-state index in [4.69, 9.17) is 5.73 Å². The highest BCUT2D eigenvalue weighted by Crippen LogP contribution is 2.19. The van der Waals surface area contributed by atoms with E-state index in [0.717, 1.165) is 21.4 Å². The second-order valence-corrected chi connectivity index (χ2v) is 4.66. The van der Waals surface area contributed by atoms with Gasteiger partial charge in [-0.25, -0.2) is 4.68 Å². The summed E-state index contributed by atoms with van der Waals surface area (Å²) in [5, 5.41) is 8.07. The molecule has 1 heterocycles. The minimum absolute atomic E-state index is 0.0923. The molecule has 16 heavy (non-hydrogen) atoms. The molecule has 1 atom stereocenters. The molecule has 1 aromatic carbocycles. The number of halogens is 1. The van der Waals surface area contributed by atoms with Crippen molar-refractivity contribution in [2.45, 2.75) is 19.9 Å². The van der Waals surface area contributed by atoms with Crippen molar-refractivity contribution in [3.05, 3.63) is 40.1 Å². The number of nitrogens with zero attached hydrogens (tertiary/aromatic N) is 3. The standard InChI is InChI=1S/C11H13BrN4/c1-7-5-9(3-4-10(7)12)16-6-11(8(2)13)14-15-16/h3-6,8H,13H2,1-2H3. The maximum absolute atomic E-state index is 5.74. The molecule has 0 radical (unpaired) electrons. The molecule has 4 nitrogen and oxygen atoms in total. The van der Waals surface area contributed by atoms with Gasteiger partial charge in [-0.1, -0.05) is 21.1 Å². The third-order valence-corrected chi connectivity index (χ3v) is 3.27. The minimum atomic E-state index is -0.0923. The zero-order valence-electron chi connectivity index (χ0n) is 9.18. The highest BCUT2D eigenvalue weighted by molar-refractivity contribution is 9.10. The van der Waals surface area contributed by atoms with Crippen LogP contribution in [0.5, 0.6) is 0 Å². The van der Waals surface area contributed by atoms with Crippen molar-refractivity contribution in [1.29, 1.82) is 0 Å². The Morgan fingerprint density at radius 3 is 2.75 bits per heavy atom. The molecule has 0 saturated carbocycles. The summed E-state index contributed by atoms with van der Waals surface area (Å²) in [6.45, 7) is 3.93. The molecule has 0 bridgehead atoms. The molecule has 0 saturated heterocycles. The molecular weight excluding hydrogens is 268 g/mol. The van der Waals surface area contributed by atoms with Gasteiger partial charge in [0.05, 0.1) is 17.6 Å². The summed E-state index contributed by atoms with van der Waals surface area (Å²) in [6, 6.07) is 5.93. The number of hydrogen-bond acceptors (Lipinski definition) is 3. The molecule has 0 aliphatic carbocycles. The van der Waals surface area contributed by atoms with Crippen molar-refractivity contribution in [3.8, 4) is 5.69 Å². The van der Waals surface area contributed by atoms with Gasteiger partial charge in [0, 0.05) is 10.5 Å². The van der Waals surface area contributed by atoms with Gasteiger partial charge in [0.15, 0.2) is 0 Å². The van der Waals surface area contributed by atoms with Crippen molar-refractivity contribution in [2.24, 2.45) is 5.73 Å². The molecule has 0 aliphatic rings. The Morgan fingerprint density at radius 1 is 1.44 bits per heavy atom. The van der Waals surface area contributed by atoms with Crippen LogP contribution in [0.3, 0.4) is 0 Å². The lowest BCUT2D eigenvalue weighted by Crippen LogP contribution is -2.04.